The summed E-state index contributed by atoms with van der Waals surface area (Å²) in [4.78, 5) is 18.4. The zero-order valence-electron chi connectivity index (χ0n) is 19.0. The number of rotatable bonds is 7. The van der Waals surface area contributed by atoms with Crippen LogP contribution in [0.2, 0.25) is 0 Å². The van der Waals surface area contributed by atoms with Crippen molar-refractivity contribution in [3.63, 3.8) is 0 Å². The number of tetrazole rings is 1. The Hall–Kier alpha value is -4.58. The van der Waals surface area contributed by atoms with Crippen LogP contribution in [0.1, 0.15) is 18.5 Å². The largest absolute Gasteiger partial charge is 0.381 e. The monoisotopic (exact) mass is 490 g/mol. The van der Waals surface area contributed by atoms with E-state index in [1.807, 2.05) is 12.1 Å². The van der Waals surface area contributed by atoms with Crippen LogP contribution in [0.15, 0.2) is 84.6 Å². The molecular weight excluding hydrogens is 470 g/mol. The van der Waals surface area contributed by atoms with Gasteiger partial charge in [0.15, 0.2) is 6.33 Å². The SMILES string of the molecule is C[C@@H](n1ccc(-c2ccc(-n3ncnn3)cc2)cc1=O)[C@](O)(Cn1cncn1)c1ccc(F)cc1F. The van der Waals surface area contributed by atoms with Crippen molar-refractivity contribution in [3.05, 3.63) is 107 Å². The van der Waals surface area contributed by atoms with Crippen LogP contribution in [0.4, 0.5) is 8.78 Å². The van der Waals surface area contributed by atoms with Crippen molar-refractivity contribution in [1.82, 2.24) is 39.5 Å². The van der Waals surface area contributed by atoms with Crippen molar-refractivity contribution in [2.45, 2.75) is 25.1 Å². The van der Waals surface area contributed by atoms with E-state index in [1.165, 1.54) is 51.4 Å². The molecule has 5 aromatic rings. The molecule has 0 amide bonds. The van der Waals surface area contributed by atoms with Crippen LogP contribution in [-0.2, 0) is 12.1 Å². The van der Waals surface area contributed by atoms with Gasteiger partial charge >= 0.3 is 0 Å². The molecule has 2 aromatic carbocycles. The molecule has 0 aliphatic heterocycles. The molecule has 2 atom stereocenters. The van der Waals surface area contributed by atoms with Gasteiger partial charge in [0, 0.05) is 23.9 Å². The first-order valence-electron chi connectivity index (χ1n) is 10.9. The summed E-state index contributed by atoms with van der Waals surface area (Å²) in [6.45, 7) is 1.36. The third kappa shape index (κ3) is 4.29. The molecule has 3 heterocycles. The second-order valence-corrected chi connectivity index (χ2v) is 8.25. The van der Waals surface area contributed by atoms with E-state index in [2.05, 4.69) is 25.5 Å². The molecule has 0 bridgehead atoms. The second-order valence-electron chi connectivity index (χ2n) is 8.25. The normalized spacial score (nSPS) is 13.9. The molecule has 0 saturated carbocycles. The molecule has 0 radical (unpaired) electrons. The van der Waals surface area contributed by atoms with Crippen LogP contribution in [0, 0.1) is 11.6 Å². The summed E-state index contributed by atoms with van der Waals surface area (Å²) in [6, 6.07) is 12.3. The molecular formula is C24H20F2N8O2. The van der Waals surface area contributed by atoms with Gasteiger partial charge in [-0.1, -0.05) is 18.2 Å². The van der Waals surface area contributed by atoms with E-state index in [4.69, 9.17) is 0 Å². The molecule has 36 heavy (non-hydrogen) atoms. The highest BCUT2D eigenvalue weighted by atomic mass is 19.1. The van der Waals surface area contributed by atoms with Crippen molar-refractivity contribution in [3.8, 4) is 16.8 Å². The zero-order valence-corrected chi connectivity index (χ0v) is 19.0. The van der Waals surface area contributed by atoms with Gasteiger partial charge in [0.05, 0.1) is 18.3 Å². The number of benzene rings is 2. The Balaban J connectivity index is 1.50. The molecule has 0 aliphatic carbocycles. The predicted molar refractivity (Wildman–Crippen MR) is 124 cm³/mol. The molecule has 0 spiro atoms. The number of hydrogen-bond acceptors (Lipinski definition) is 7. The maximum absolute atomic E-state index is 14.8. The van der Waals surface area contributed by atoms with Crippen LogP contribution in [0.25, 0.3) is 16.8 Å². The van der Waals surface area contributed by atoms with Gasteiger partial charge in [0.1, 0.15) is 29.9 Å². The Morgan fingerprint density at radius 2 is 1.81 bits per heavy atom. The van der Waals surface area contributed by atoms with E-state index in [0.717, 1.165) is 11.6 Å². The Kier molecular flexibility index (Phi) is 5.94. The molecule has 0 saturated heterocycles. The van der Waals surface area contributed by atoms with Gasteiger partial charge in [-0.25, -0.2) is 18.4 Å². The maximum atomic E-state index is 14.8. The Morgan fingerprint density at radius 1 is 1.00 bits per heavy atom. The summed E-state index contributed by atoms with van der Waals surface area (Å²) in [5.41, 5.74) is -0.407. The summed E-state index contributed by atoms with van der Waals surface area (Å²) in [6.07, 6.45) is 5.50. The van der Waals surface area contributed by atoms with Gasteiger partial charge in [-0.3, -0.25) is 4.79 Å². The summed E-state index contributed by atoms with van der Waals surface area (Å²) in [7, 11) is 0. The molecule has 10 nitrogen and oxygen atoms in total. The topological polar surface area (TPSA) is 117 Å². The lowest BCUT2D eigenvalue weighted by molar-refractivity contribution is -0.0341. The van der Waals surface area contributed by atoms with E-state index in [-0.39, 0.29) is 12.1 Å². The lowest BCUT2D eigenvalue weighted by Gasteiger charge is -2.35. The molecule has 0 fully saturated rings. The first-order valence-corrected chi connectivity index (χ1v) is 10.9. The van der Waals surface area contributed by atoms with Crippen molar-refractivity contribution < 1.29 is 13.9 Å². The summed E-state index contributed by atoms with van der Waals surface area (Å²) in [5.74, 6) is -1.71. The van der Waals surface area contributed by atoms with E-state index < -0.39 is 28.8 Å². The predicted octanol–water partition coefficient (Wildman–Crippen LogP) is 2.51. The van der Waals surface area contributed by atoms with Gasteiger partial charge in [0.2, 0.25) is 0 Å². The van der Waals surface area contributed by atoms with Crippen molar-refractivity contribution >= 4 is 0 Å². The molecule has 5 rings (SSSR count). The first kappa shape index (κ1) is 23.2. The number of pyridine rings is 1. The molecule has 12 heteroatoms. The fourth-order valence-corrected chi connectivity index (χ4v) is 4.14. The molecule has 3 aromatic heterocycles. The lowest BCUT2D eigenvalue weighted by atomic mass is 9.86. The first-order chi connectivity index (χ1) is 17.3. The van der Waals surface area contributed by atoms with E-state index >= 15 is 0 Å². The van der Waals surface area contributed by atoms with Crippen molar-refractivity contribution in [2.75, 3.05) is 0 Å². The van der Waals surface area contributed by atoms with Crippen LogP contribution in [0.3, 0.4) is 0 Å². The van der Waals surface area contributed by atoms with Gasteiger partial charge < -0.3 is 9.67 Å². The van der Waals surface area contributed by atoms with E-state index in [0.29, 0.717) is 17.3 Å². The van der Waals surface area contributed by atoms with Gasteiger partial charge in [-0.05, 0) is 47.5 Å². The quantitative estimate of drug-likeness (QED) is 0.373. The highest BCUT2D eigenvalue weighted by molar-refractivity contribution is 5.64. The fraction of sp³-hybridized carbons (Fsp3) is 0.167. The highest BCUT2D eigenvalue weighted by Gasteiger charge is 2.40. The van der Waals surface area contributed by atoms with Crippen LogP contribution in [0.5, 0.6) is 0 Å². The van der Waals surface area contributed by atoms with Crippen LogP contribution < -0.4 is 5.56 Å². The summed E-state index contributed by atoms with van der Waals surface area (Å²) >= 11 is 0. The third-order valence-corrected chi connectivity index (χ3v) is 6.10. The van der Waals surface area contributed by atoms with E-state index in [9.17, 15) is 18.7 Å². The summed E-state index contributed by atoms with van der Waals surface area (Å²) < 4.78 is 31.0. The molecule has 182 valence electrons. The molecule has 0 aliphatic rings. The zero-order chi connectivity index (χ0) is 25.3. The number of aliphatic hydroxyl groups is 1. The number of hydrogen-bond donors (Lipinski definition) is 1. The van der Waals surface area contributed by atoms with Gasteiger partial charge in [-0.15, -0.1) is 15.0 Å². The number of nitrogens with zero attached hydrogens (tertiary/aromatic N) is 8. The van der Waals surface area contributed by atoms with Gasteiger partial charge in [-0.2, -0.15) is 5.10 Å². The third-order valence-electron chi connectivity index (χ3n) is 6.10. The standard InChI is InChI=1S/C24H20F2N8O2/c1-16(24(36,12-32-15-27-13-29-32)21-7-4-19(25)11-22(21)26)33-9-8-18(10-23(33)35)17-2-5-20(6-3-17)34-30-14-28-31-34/h2-11,13-16,36H,12H2,1H3/t16-,24-/m1/s1. The molecule has 0 unspecified atom stereocenters. The highest BCUT2D eigenvalue weighted by Crippen LogP contribution is 2.36. The van der Waals surface area contributed by atoms with Crippen molar-refractivity contribution in [2.24, 2.45) is 0 Å². The van der Waals surface area contributed by atoms with Gasteiger partial charge in [0.25, 0.3) is 5.56 Å². The number of aromatic nitrogens is 8. The smallest absolute Gasteiger partial charge is 0.251 e. The maximum Gasteiger partial charge on any atom is 0.251 e. The van der Waals surface area contributed by atoms with Crippen LogP contribution >= 0.6 is 0 Å². The summed E-state index contributed by atoms with van der Waals surface area (Å²) in [5, 5.41) is 27.2. The lowest BCUT2D eigenvalue weighted by Crippen LogP contribution is -2.43. The average molecular weight is 490 g/mol. The second kappa shape index (κ2) is 9.23. The Labute approximate surface area is 203 Å². The minimum Gasteiger partial charge on any atom is -0.381 e. The fourth-order valence-electron chi connectivity index (χ4n) is 4.14. The van der Waals surface area contributed by atoms with Crippen molar-refractivity contribution in [1.29, 1.82) is 0 Å². The average Bonchev–Trinajstić information content (AvgIpc) is 3.58. The number of halogens is 2. The Morgan fingerprint density at radius 3 is 2.44 bits per heavy atom. The molecule has 1 N–H and O–H groups in total. The van der Waals surface area contributed by atoms with E-state index in [1.54, 1.807) is 25.1 Å². The Bertz CT molecular complexity index is 1540. The van der Waals surface area contributed by atoms with Crippen LogP contribution in [-0.4, -0.2) is 44.6 Å². The minimum atomic E-state index is -1.96. The minimum absolute atomic E-state index is 0.166.